The average Bonchev–Trinajstić information content (AvgIpc) is 2.19. The molecule has 1 unspecified atom stereocenters. The first kappa shape index (κ1) is 11.2. The van der Waals surface area contributed by atoms with Gasteiger partial charge in [0.05, 0.1) is 0 Å². The van der Waals surface area contributed by atoms with Crippen LogP contribution in [0.2, 0.25) is 0 Å². The summed E-state index contributed by atoms with van der Waals surface area (Å²) >= 11 is 0. The molecule has 0 amide bonds. The van der Waals surface area contributed by atoms with Crippen LogP contribution in [0, 0.1) is 0 Å². The molecule has 1 N–H and O–H groups in total. The largest absolute Gasteiger partial charge is 0.314 e. The van der Waals surface area contributed by atoms with Crippen molar-refractivity contribution >= 4 is 0 Å². The molecule has 0 aromatic heterocycles. The van der Waals surface area contributed by atoms with Gasteiger partial charge in [0.25, 0.3) is 5.92 Å². The summed E-state index contributed by atoms with van der Waals surface area (Å²) < 4.78 is 39.4. The molecule has 0 aromatic rings. The van der Waals surface area contributed by atoms with Crippen molar-refractivity contribution in [2.24, 2.45) is 0 Å². The highest BCUT2D eigenvalue weighted by molar-refractivity contribution is 4.89. The molecule has 0 aliphatic carbocycles. The predicted molar refractivity (Wildman–Crippen MR) is 51.9 cm³/mol. The molecule has 2 aliphatic rings. The standard InChI is InChI=1S/C10H17F3N2/c11-8-7-14-4-1-9(8)15-5-2-10(12,13)3-6-15/h8-9,14H,1-7H2/t8-,9?/m0/s1. The van der Waals surface area contributed by atoms with Crippen LogP contribution in [0.25, 0.3) is 0 Å². The zero-order valence-electron chi connectivity index (χ0n) is 8.69. The van der Waals surface area contributed by atoms with Crippen LogP contribution in [0.3, 0.4) is 0 Å². The van der Waals surface area contributed by atoms with E-state index in [0.29, 0.717) is 19.6 Å². The first-order chi connectivity index (χ1) is 7.08. The number of piperidine rings is 2. The smallest absolute Gasteiger partial charge is 0.250 e. The second kappa shape index (κ2) is 4.29. The summed E-state index contributed by atoms with van der Waals surface area (Å²) in [5.41, 5.74) is 0. The summed E-state index contributed by atoms with van der Waals surface area (Å²) in [6, 6.07) is -0.151. The molecule has 0 bridgehead atoms. The zero-order chi connectivity index (χ0) is 10.9. The number of alkyl halides is 3. The monoisotopic (exact) mass is 222 g/mol. The van der Waals surface area contributed by atoms with Crippen LogP contribution in [-0.2, 0) is 0 Å². The van der Waals surface area contributed by atoms with Gasteiger partial charge in [0.2, 0.25) is 0 Å². The molecule has 0 aromatic carbocycles. The number of nitrogens with zero attached hydrogens (tertiary/aromatic N) is 1. The number of halogens is 3. The van der Waals surface area contributed by atoms with Crippen molar-refractivity contribution in [3.05, 3.63) is 0 Å². The fourth-order valence-corrected chi connectivity index (χ4v) is 2.40. The van der Waals surface area contributed by atoms with Gasteiger partial charge < -0.3 is 5.32 Å². The Morgan fingerprint density at radius 1 is 1.20 bits per heavy atom. The van der Waals surface area contributed by atoms with Crippen LogP contribution in [0.5, 0.6) is 0 Å². The Bertz CT molecular complexity index is 213. The van der Waals surface area contributed by atoms with Gasteiger partial charge in [-0.15, -0.1) is 0 Å². The Morgan fingerprint density at radius 3 is 2.47 bits per heavy atom. The van der Waals surface area contributed by atoms with Gasteiger partial charge >= 0.3 is 0 Å². The van der Waals surface area contributed by atoms with Crippen LogP contribution in [-0.4, -0.2) is 49.2 Å². The highest BCUT2D eigenvalue weighted by Crippen LogP contribution is 2.30. The average molecular weight is 222 g/mol. The Morgan fingerprint density at radius 2 is 1.87 bits per heavy atom. The summed E-state index contributed by atoms with van der Waals surface area (Å²) in [7, 11) is 0. The minimum absolute atomic E-state index is 0.121. The molecule has 15 heavy (non-hydrogen) atoms. The van der Waals surface area contributed by atoms with E-state index in [1.165, 1.54) is 0 Å². The Balaban J connectivity index is 1.89. The fourth-order valence-electron chi connectivity index (χ4n) is 2.40. The van der Waals surface area contributed by atoms with Gasteiger partial charge in [0.15, 0.2) is 0 Å². The minimum atomic E-state index is -2.53. The van der Waals surface area contributed by atoms with Gasteiger partial charge in [-0.05, 0) is 13.0 Å². The third kappa shape index (κ3) is 2.64. The van der Waals surface area contributed by atoms with Crippen LogP contribution >= 0.6 is 0 Å². The summed E-state index contributed by atoms with van der Waals surface area (Å²) in [4.78, 5) is 1.89. The van der Waals surface area contributed by atoms with E-state index in [2.05, 4.69) is 5.32 Å². The molecule has 0 spiro atoms. The lowest BCUT2D eigenvalue weighted by atomic mass is 9.98. The molecule has 2 atom stereocenters. The van der Waals surface area contributed by atoms with Gasteiger partial charge in [-0.25, -0.2) is 13.2 Å². The predicted octanol–water partition coefficient (Wildman–Crippen LogP) is 1.42. The molecule has 0 radical (unpaired) electrons. The van der Waals surface area contributed by atoms with Crippen molar-refractivity contribution in [1.82, 2.24) is 10.2 Å². The van der Waals surface area contributed by atoms with Crippen LogP contribution in [0.4, 0.5) is 13.2 Å². The molecule has 2 fully saturated rings. The molecule has 88 valence electrons. The van der Waals surface area contributed by atoms with Crippen molar-refractivity contribution in [1.29, 1.82) is 0 Å². The van der Waals surface area contributed by atoms with Crippen LogP contribution in [0.15, 0.2) is 0 Å². The highest BCUT2D eigenvalue weighted by Gasteiger charge is 2.38. The molecule has 2 saturated heterocycles. The molecule has 2 heterocycles. The van der Waals surface area contributed by atoms with E-state index in [-0.39, 0.29) is 18.9 Å². The number of likely N-dealkylation sites (tertiary alicyclic amines) is 1. The van der Waals surface area contributed by atoms with Gasteiger partial charge in [-0.1, -0.05) is 0 Å². The van der Waals surface area contributed by atoms with E-state index in [1.54, 1.807) is 0 Å². The van der Waals surface area contributed by atoms with Crippen molar-refractivity contribution in [3.8, 4) is 0 Å². The topological polar surface area (TPSA) is 15.3 Å². The fraction of sp³-hybridized carbons (Fsp3) is 1.00. The lowest BCUT2D eigenvalue weighted by Gasteiger charge is -2.40. The molecule has 2 rings (SSSR count). The SMILES string of the molecule is F[C@H]1CNCCC1N1CCC(F)(F)CC1. The van der Waals surface area contributed by atoms with Crippen LogP contribution < -0.4 is 5.32 Å². The quantitative estimate of drug-likeness (QED) is 0.721. The maximum Gasteiger partial charge on any atom is 0.250 e. The Hall–Kier alpha value is -0.290. The third-order valence-electron chi connectivity index (χ3n) is 3.37. The second-order valence-corrected chi connectivity index (χ2v) is 4.47. The Kier molecular flexibility index (Phi) is 3.21. The van der Waals surface area contributed by atoms with E-state index < -0.39 is 12.1 Å². The normalized spacial score (nSPS) is 37.8. The summed E-state index contributed by atoms with van der Waals surface area (Å²) in [6.45, 7) is 1.81. The molecule has 0 saturated carbocycles. The summed E-state index contributed by atoms with van der Waals surface area (Å²) in [5, 5.41) is 2.97. The number of rotatable bonds is 1. The van der Waals surface area contributed by atoms with Gasteiger partial charge in [-0.2, -0.15) is 0 Å². The van der Waals surface area contributed by atoms with E-state index in [1.807, 2.05) is 4.90 Å². The van der Waals surface area contributed by atoms with Crippen molar-refractivity contribution < 1.29 is 13.2 Å². The number of nitrogens with one attached hydrogen (secondary N) is 1. The van der Waals surface area contributed by atoms with E-state index >= 15 is 0 Å². The minimum Gasteiger partial charge on any atom is -0.314 e. The van der Waals surface area contributed by atoms with Crippen LogP contribution in [0.1, 0.15) is 19.3 Å². The van der Waals surface area contributed by atoms with Gasteiger partial charge in [-0.3, -0.25) is 4.90 Å². The van der Waals surface area contributed by atoms with Crippen molar-refractivity contribution in [2.75, 3.05) is 26.2 Å². The zero-order valence-corrected chi connectivity index (χ0v) is 8.69. The maximum atomic E-state index is 13.5. The number of hydrogen-bond acceptors (Lipinski definition) is 2. The highest BCUT2D eigenvalue weighted by atomic mass is 19.3. The Labute approximate surface area is 87.8 Å². The molecule has 5 heteroatoms. The molecular weight excluding hydrogens is 205 g/mol. The van der Waals surface area contributed by atoms with Gasteiger partial charge in [0.1, 0.15) is 6.17 Å². The van der Waals surface area contributed by atoms with Gasteiger partial charge in [0, 0.05) is 38.5 Å². The van der Waals surface area contributed by atoms with Crippen molar-refractivity contribution in [3.63, 3.8) is 0 Å². The van der Waals surface area contributed by atoms with E-state index in [0.717, 1.165) is 13.0 Å². The lowest BCUT2D eigenvalue weighted by Crippen LogP contribution is -2.54. The van der Waals surface area contributed by atoms with Crippen molar-refractivity contribution in [2.45, 2.75) is 37.4 Å². The number of hydrogen-bond donors (Lipinski definition) is 1. The molecular formula is C10H17F3N2. The first-order valence-electron chi connectivity index (χ1n) is 5.55. The lowest BCUT2D eigenvalue weighted by molar-refractivity contribution is -0.0720. The maximum absolute atomic E-state index is 13.5. The van der Waals surface area contributed by atoms with E-state index in [9.17, 15) is 13.2 Å². The molecule has 2 nitrogen and oxygen atoms in total. The van der Waals surface area contributed by atoms with E-state index in [4.69, 9.17) is 0 Å². The third-order valence-corrected chi connectivity index (χ3v) is 3.37. The first-order valence-corrected chi connectivity index (χ1v) is 5.55. The second-order valence-electron chi connectivity index (χ2n) is 4.47. The summed E-state index contributed by atoms with van der Waals surface area (Å²) in [5.74, 6) is -2.53. The summed E-state index contributed by atoms with van der Waals surface area (Å²) in [6.07, 6.45) is -0.425. The molecule has 2 aliphatic heterocycles.